The Balaban J connectivity index is 2.22. The number of halogens is 1. The summed E-state index contributed by atoms with van der Waals surface area (Å²) in [7, 11) is 1.44. The van der Waals surface area contributed by atoms with Crippen LogP contribution in [0.1, 0.15) is 5.56 Å². The maximum atomic E-state index is 10.9. The van der Waals surface area contributed by atoms with Gasteiger partial charge in [-0.05, 0) is 11.6 Å². The topological polar surface area (TPSA) is 64.8 Å². The van der Waals surface area contributed by atoms with E-state index >= 15 is 0 Å². The number of morpholine rings is 1. The van der Waals surface area contributed by atoms with Crippen LogP contribution in [0.25, 0.3) is 0 Å². The summed E-state index contributed by atoms with van der Waals surface area (Å²) in [4.78, 5) is 12.7. The Bertz CT molecular complexity index is 475. The highest BCUT2D eigenvalue weighted by Crippen LogP contribution is 2.33. The predicted octanol–water partition coefficient (Wildman–Crippen LogP) is 2.20. The zero-order chi connectivity index (χ0) is 13.8. The smallest absolute Gasteiger partial charge is 0.312 e. The van der Waals surface area contributed by atoms with Crippen molar-refractivity contribution in [1.82, 2.24) is 4.90 Å². The summed E-state index contributed by atoms with van der Waals surface area (Å²) in [6.07, 6.45) is 0. The zero-order valence-electron chi connectivity index (χ0n) is 10.6. The summed E-state index contributed by atoms with van der Waals surface area (Å²) in [6, 6.07) is 3.21. The number of nitro benzene ring substituents is 1. The van der Waals surface area contributed by atoms with Gasteiger partial charge in [-0.15, -0.1) is 0 Å². The van der Waals surface area contributed by atoms with Gasteiger partial charge in [0.1, 0.15) is 0 Å². The summed E-state index contributed by atoms with van der Waals surface area (Å²) in [6.45, 7) is 3.90. The van der Waals surface area contributed by atoms with E-state index in [-0.39, 0.29) is 11.4 Å². The zero-order valence-corrected chi connectivity index (χ0v) is 12.2. The van der Waals surface area contributed by atoms with Crippen molar-refractivity contribution < 1.29 is 14.4 Å². The van der Waals surface area contributed by atoms with E-state index in [2.05, 4.69) is 20.8 Å². The van der Waals surface area contributed by atoms with Crippen molar-refractivity contribution >= 4 is 21.6 Å². The fourth-order valence-corrected chi connectivity index (χ4v) is 2.47. The van der Waals surface area contributed by atoms with Crippen molar-refractivity contribution in [3.05, 3.63) is 32.3 Å². The molecule has 1 aromatic rings. The minimum absolute atomic E-state index is 0.0277. The Labute approximate surface area is 119 Å². The lowest BCUT2D eigenvalue weighted by Crippen LogP contribution is -2.35. The van der Waals surface area contributed by atoms with Gasteiger partial charge in [-0.25, -0.2) is 0 Å². The number of nitrogens with zero attached hydrogens (tertiary/aromatic N) is 2. The first kappa shape index (κ1) is 14.2. The van der Waals surface area contributed by atoms with Crippen LogP contribution in [0.2, 0.25) is 0 Å². The molecule has 0 aromatic heterocycles. The van der Waals surface area contributed by atoms with Gasteiger partial charge in [0.05, 0.1) is 25.2 Å². The van der Waals surface area contributed by atoms with E-state index in [0.717, 1.165) is 42.9 Å². The van der Waals surface area contributed by atoms with Gasteiger partial charge in [-0.2, -0.15) is 0 Å². The highest BCUT2D eigenvalue weighted by molar-refractivity contribution is 9.10. The average molecular weight is 331 g/mol. The van der Waals surface area contributed by atoms with Crippen LogP contribution >= 0.6 is 15.9 Å². The SMILES string of the molecule is COc1cc(CN2CCOCC2)c(Br)cc1[N+](=O)[O-]. The van der Waals surface area contributed by atoms with Gasteiger partial charge in [0.25, 0.3) is 0 Å². The van der Waals surface area contributed by atoms with Gasteiger partial charge in [-0.1, -0.05) is 15.9 Å². The van der Waals surface area contributed by atoms with E-state index in [1.807, 2.05) is 0 Å². The maximum absolute atomic E-state index is 10.9. The molecule has 7 heteroatoms. The first-order valence-corrected chi connectivity index (χ1v) is 6.72. The van der Waals surface area contributed by atoms with Gasteiger partial charge >= 0.3 is 5.69 Å². The van der Waals surface area contributed by atoms with E-state index in [4.69, 9.17) is 9.47 Å². The molecule has 0 radical (unpaired) electrons. The molecule has 0 N–H and O–H groups in total. The molecular formula is C12H15BrN2O4. The molecule has 19 heavy (non-hydrogen) atoms. The average Bonchev–Trinajstić information content (AvgIpc) is 2.41. The monoisotopic (exact) mass is 330 g/mol. The first-order valence-electron chi connectivity index (χ1n) is 5.92. The second-order valence-corrected chi connectivity index (χ2v) is 5.12. The largest absolute Gasteiger partial charge is 0.490 e. The maximum Gasteiger partial charge on any atom is 0.312 e. The van der Waals surface area contributed by atoms with Crippen molar-refractivity contribution in [2.24, 2.45) is 0 Å². The number of hydrogen-bond donors (Lipinski definition) is 0. The third-order valence-electron chi connectivity index (χ3n) is 3.04. The number of hydrogen-bond acceptors (Lipinski definition) is 5. The third-order valence-corrected chi connectivity index (χ3v) is 3.78. The second-order valence-electron chi connectivity index (χ2n) is 4.26. The molecule has 0 bridgehead atoms. The van der Waals surface area contributed by atoms with Crippen LogP contribution in [-0.2, 0) is 11.3 Å². The molecule has 6 nitrogen and oxygen atoms in total. The van der Waals surface area contributed by atoms with Crippen LogP contribution in [-0.4, -0.2) is 43.2 Å². The summed E-state index contributed by atoms with van der Waals surface area (Å²) in [5, 5.41) is 10.9. The third kappa shape index (κ3) is 3.43. The van der Waals surface area contributed by atoms with Crippen LogP contribution in [0.15, 0.2) is 16.6 Å². The molecule has 0 spiro atoms. The molecule has 2 rings (SSSR count). The van der Waals surface area contributed by atoms with Crippen molar-refractivity contribution in [2.45, 2.75) is 6.54 Å². The van der Waals surface area contributed by atoms with E-state index in [0.29, 0.717) is 0 Å². The van der Waals surface area contributed by atoms with Crippen LogP contribution in [0.5, 0.6) is 5.75 Å². The number of nitro groups is 1. The van der Waals surface area contributed by atoms with E-state index in [9.17, 15) is 10.1 Å². The summed E-state index contributed by atoms with van der Waals surface area (Å²) in [5.41, 5.74) is 0.949. The summed E-state index contributed by atoms with van der Waals surface area (Å²) in [5.74, 6) is 0.288. The molecule has 0 aliphatic carbocycles. The van der Waals surface area contributed by atoms with E-state index in [1.165, 1.54) is 13.2 Å². The van der Waals surface area contributed by atoms with Gasteiger partial charge < -0.3 is 9.47 Å². The Hall–Kier alpha value is -1.18. The quantitative estimate of drug-likeness (QED) is 0.625. The molecule has 0 saturated carbocycles. The van der Waals surface area contributed by atoms with Crippen LogP contribution in [0, 0.1) is 10.1 Å². The normalized spacial score (nSPS) is 16.3. The Kier molecular flexibility index (Phi) is 4.73. The van der Waals surface area contributed by atoms with Gasteiger partial charge in [0, 0.05) is 30.2 Å². The first-order chi connectivity index (χ1) is 9.11. The summed E-state index contributed by atoms with van der Waals surface area (Å²) < 4.78 is 11.1. The van der Waals surface area contributed by atoms with Crippen LogP contribution in [0.4, 0.5) is 5.69 Å². The Morgan fingerprint density at radius 1 is 1.47 bits per heavy atom. The number of rotatable bonds is 4. The molecule has 104 valence electrons. The van der Waals surface area contributed by atoms with E-state index in [1.54, 1.807) is 6.07 Å². The number of ether oxygens (including phenoxy) is 2. The van der Waals surface area contributed by atoms with Gasteiger partial charge in [-0.3, -0.25) is 15.0 Å². The van der Waals surface area contributed by atoms with Crippen molar-refractivity contribution in [2.75, 3.05) is 33.4 Å². The molecular weight excluding hydrogens is 316 g/mol. The minimum atomic E-state index is -0.442. The lowest BCUT2D eigenvalue weighted by molar-refractivity contribution is -0.385. The van der Waals surface area contributed by atoms with Crippen LogP contribution < -0.4 is 4.74 Å². The molecule has 1 aliphatic rings. The van der Waals surface area contributed by atoms with Crippen molar-refractivity contribution in [1.29, 1.82) is 0 Å². The highest BCUT2D eigenvalue weighted by atomic mass is 79.9. The van der Waals surface area contributed by atoms with Crippen LogP contribution in [0.3, 0.4) is 0 Å². The number of methoxy groups -OCH3 is 1. The molecule has 1 aromatic carbocycles. The Morgan fingerprint density at radius 2 is 2.16 bits per heavy atom. The highest BCUT2D eigenvalue weighted by Gasteiger charge is 2.20. The summed E-state index contributed by atoms with van der Waals surface area (Å²) >= 11 is 3.39. The van der Waals surface area contributed by atoms with E-state index < -0.39 is 4.92 Å². The van der Waals surface area contributed by atoms with Gasteiger partial charge in [0.2, 0.25) is 0 Å². The predicted molar refractivity (Wildman–Crippen MR) is 73.4 cm³/mol. The molecule has 0 unspecified atom stereocenters. The second kappa shape index (κ2) is 6.31. The molecule has 1 heterocycles. The van der Waals surface area contributed by atoms with Gasteiger partial charge in [0.15, 0.2) is 5.75 Å². The number of benzene rings is 1. The molecule has 0 atom stereocenters. The van der Waals surface area contributed by atoms with Crippen molar-refractivity contribution in [3.8, 4) is 5.75 Å². The fraction of sp³-hybridized carbons (Fsp3) is 0.500. The molecule has 1 saturated heterocycles. The minimum Gasteiger partial charge on any atom is -0.490 e. The Morgan fingerprint density at radius 3 is 2.74 bits per heavy atom. The molecule has 1 fully saturated rings. The lowest BCUT2D eigenvalue weighted by Gasteiger charge is -2.27. The fourth-order valence-electron chi connectivity index (χ4n) is 2.01. The molecule has 1 aliphatic heterocycles. The lowest BCUT2D eigenvalue weighted by atomic mass is 10.1. The molecule has 0 amide bonds. The van der Waals surface area contributed by atoms with Crippen molar-refractivity contribution in [3.63, 3.8) is 0 Å². The standard InChI is InChI=1S/C12H15BrN2O4/c1-18-12-6-9(8-14-2-4-19-5-3-14)10(13)7-11(12)15(16)17/h6-7H,2-5,8H2,1H3.